The number of benzene rings is 1. The summed E-state index contributed by atoms with van der Waals surface area (Å²) in [4.78, 5) is 11.5. The number of aliphatic hydroxyl groups is 1. The number of hydrogen-bond acceptors (Lipinski definition) is 3. The van der Waals surface area contributed by atoms with Gasteiger partial charge in [-0.2, -0.15) is 0 Å². The fourth-order valence-electron chi connectivity index (χ4n) is 3.06. The van der Waals surface area contributed by atoms with Crippen molar-refractivity contribution in [2.75, 3.05) is 7.11 Å². The van der Waals surface area contributed by atoms with Gasteiger partial charge in [0.25, 0.3) is 0 Å². The lowest BCUT2D eigenvalue weighted by molar-refractivity contribution is 0.0601. The van der Waals surface area contributed by atoms with Crippen molar-refractivity contribution in [1.29, 1.82) is 0 Å². The van der Waals surface area contributed by atoms with Gasteiger partial charge >= 0.3 is 5.97 Å². The van der Waals surface area contributed by atoms with Gasteiger partial charge in [-0.3, -0.25) is 0 Å². The van der Waals surface area contributed by atoms with Crippen LogP contribution in [0.1, 0.15) is 42.1 Å². The molecule has 1 aliphatic carbocycles. The lowest BCUT2D eigenvalue weighted by Crippen LogP contribution is -2.20. The minimum absolute atomic E-state index is 0.140. The molecule has 0 radical (unpaired) electrons. The van der Waals surface area contributed by atoms with Gasteiger partial charge < -0.3 is 14.4 Å². The summed E-state index contributed by atoms with van der Waals surface area (Å²) in [5, 5.41) is 10.7. The lowest BCUT2D eigenvalue weighted by Gasteiger charge is -2.27. The van der Waals surface area contributed by atoms with E-state index >= 15 is 0 Å². The Morgan fingerprint density at radius 1 is 1.25 bits per heavy atom. The predicted molar refractivity (Wildman–Crippen MR) is 76.8 cm³/mol. The molecule has 1 aromatic heterocycles. The maximum atomic E-state index is 11.5. The number of esters is 1. The van der Waals surface area contributed by atoms with Crippen LogP contribution in [0.15, 0.2) is 30.5 Å². The number of aromatic nitrogens is 1. The molecule has 1 saturated carbocycles. The van der Waals surface area contributed by atoms with Crippen molar-refractivity contribution in [2.24, 2.45) is 0 Å². The molecule has 3 rings (SSSR count). The van der Waals surface area contributed by atoms with Crippen LogP contribution in [0.4, 0.5) is 0 Å². The van der Waals surface area contributed by atoms with E-state index in [2.05, 4.69) is 10.8 Å². The summed E-state index contributed by atoms with van der Waals surface area (Å²) in [6.45, 7) is 0. The second-order valence-corrected chi connectivity index (χ2v) is 5.45. The number of hydrogen-bond donors (Lipinski definition) is 1. The van der Waals surface area contributed by atoms with Crippen molar-refractivity contribution in [3.05, 3.63) is 36.0 Å². The second-order valence-electron chi connectivity index (χ2n) is 5.45. The third-order valence-corrected chi connectivity index (χ3v) is 4.20. The van der Waals surface area contributed by atoms with Gasteiger partial charge in [0.1, 0.15) is 0 Å². The van der Waals surface area contributed by atoms with Crippen LogP contribution in [0.25, 0.3) is 10.9 Å². The molecule has 1 aromatic carbocycles. The molecule has 106 valence electrons. The molecular weight excluding hydrogens is 254 g/mol. The number of carbonyl (C=O) groups excluding carboxylic acids is 1. The number of aliphatic hydroxyl groups excluding tert-OH is 1. The molecule has 2 aromatic rings. The summed E-state index contributed by atoms with van der Waals surface area (Å²) in [7, 11) is 1.39. The molecule has 0 atom stereocenters. The number of rotatable bonds is 2. The maximum absolute atomic E-state index is 11.5. The van der Waals surface area contributed by atoms with E-state index in [1.165, 1.54) is 7.11 Å². The van der Waals surface area contributed by atoms with Crippen molar-refractivity contribution in [3.8, 4) is 0 Å². The zero-order valence-corrected chi connectivity index (χ0v) is 11.6. The van der Waals surface area contributed by atoms with Crippen molar-refractivity contribution in [3.63, 3.8) is 0 Å². The van der Waals surface area contributed by atoms with Crippen LogP contribution < -0.4 is 0 Å². The van der Waals surface area contributed by atoms with Crippen molar-refractivity contribution < 1.29 is 14.6 Å². The molecule has 0 saturated heterocycles. The Labute approximate surface area is 118 Å². The third kappa shape index (κ3) is 2.31. The van der Waals surface area contributed by atoms with Crippen LogP contribution in [0.3, 0.4) is 0 Å². The molecule has 0 amide bonds. The standard InChI is InChI=1S/C16H19NO3/c1-20-16(19)12-2-7-15-11(10-12)8-9-17(15)13-3-5-14(18)6-4-13/h2,7-10,13-14,18H,3-6H2,1H3/t13-,14-. The zero-order chi connectivity index (χ0) is 14.1. The molecular formula is C16H19NO3. The van der Waals surface area contributed by atoms with E-state index in [0.717, 1.165) is 36.6 Å². The van der Waals surface area contributed by atoms with Crippen LogP contribution in [-0.4, -0.2) is 28.9 Å². The monoisotopic (exact) mass is 273 g/mol. The highest BCUT2D eigenvalue weighted by Crippen LogP contribution is 2.32. The smallest absolute Gasteiger partial charge is 0.337 e. The molecule has 0 spiro atoms. The summed E-state index contributed by atoms with van der Waals surface area (Å²) in [5.41, 5.74) is 1.72. The van der Waals surface area contributed by atoms with Crippen LogP contribution in [0.5, 0.6) is 0 Å². The Balaban J connectivity index is 1.92. The average Bonchev–Trinajstić information content (AvgIpc) is 2.90. The molecule has 1 fully saturated rings. The Bertz CT molecular complexity index is 624. The molecule has 1 aliphatic rings. The molecule has 0 aliphatic heterocycles. The summed E-state index contributed by atoms with van der Waals surface area (Å²) >= 11 is 0. The molecule has 1 heterocycles. The number of methoxy groups -OCH3 is 1. The van der Waals surface area contributed by atoms with E-state index in [1.807, 2.05) is 24.3 Å². The topological polar surface area (TPSA) is 51.5 Å². The highest BCUT2D eigenvalue weighted by atomic mass is 16.5. The zero-order valence-electron chi connectivity index (χ0n) is 11.6. The van der Waals surface area contributed by atoms with Gasteiger partial charge in [0.2, 0.25) is 0 Å². The third-order valence-electron chi connectivity index (χ3n) is 4.20. The first-order valence-electron chi connectivity index (χ1n) is 7.06. The van der Waals surface area contributed by atoms with Crippen LogP contribution >= 0.6 is 0 Å². The average molecular weight is 273 g/mol. The first-order chi connectivity index (χ1) is 9.69. The highest BCUT2D eigenvalue weighted by Gasteiger charge is 2.21. The Hall–Kier alpha value is -1.81. The van der Waals surface area contributed by atoms with Crippen molar-refractivity contribution in [1.82, 2.24) is 4.57 Å². The van der Waals surface area contributed by atoms with Gasteiger partial charge in [-0.25, -0.2) is 4.79 Å². The fourth-order valence-corrected chi connectivity index (χ4v) is 3.06. The molecule has 1 N–H and O–H groups in total. The maximum Gasteiger partial charge on any atom is 0.337 e. The van der Waals surface area contributed by atoms with Gasteiger partial charge in [-0.15, -0.1) is 0 Å². The summed E-state index contributed by atoms with van der Waals surface area (Å²) in [5.74, 6) is -0.305. The highest BCUT2D eigenvalue weighted by molar-refractivity contribution is 5.94. The SMILES string of the molecule is COC(=O)c1ccc2c(ccn2[C@H]2CC[C@H](O)CC2)c1. The second kappa shape index (κ2) is 5.29. The van der Waals surface area contributed by atoms with Gasteiger partial charge in [0, 0.05) is 23.1 Å². The van der Waals surface area contributed by atoms with Crippen LogP contribution in [0, 0.1) is 0 Å². The lowest BCUT2D eigenvalue weighted by atomic mass is 9.93. The number of fused-ring (bicyclic) bond motifs is 1. The number of carbonyl (C=O) groups is 1. The molecule has 0 unspecified atom stereocenters. The van der Waals surface area contributed by atoms with E-state index < -0.39 is 0 Å². The quantitative estimate of drug-likeness (QED) is 0.856. The van der Waals surface area contributed by atoms with Gasteiger partial charge in [-0.05, 0) is 49.9 Å². The molecule has 4 nitrogen and oxygen atoms in total. The Morgan fingerprint density at radius 2 is 2.00 bits per heavy atom. The normalized spacial score (nSPS) is 22.9. The Kier molecular flexibility index (Phi) is 3.49. The first kappa shape index (κ1) is 13.2. The molecule has 4 heteroatoms. The van der Waals surface area contributed by atoms with Crippen LogP contribution in [0.2, 0.25) is 0 Å². The van der Waals surface area contributed by atoms with Gasteiger partial charge in [-0.1, -0.05) is 0 Å². The van der Waals surface area contributed by atoms with Gasteiger partial charge in [0.05, 0.1) is 18.8 Å². The van der Waals surface area contributed by atoms with Gasteiger partial charge in [0.15, 0.2) is 0 Å². The first-order valence-corrected chi connectivity index (χ1v) is 7.06. The largest absolute Gasteiger partial charge is 0.465 e. The Morgan fingerprint density at radius 3 is 2.70 bits per heavy atom. The van der Waals surface area contributed by atoms with E-state index in [9.17, 15) is 9.90 Å². The minimum atomic E-state index is -0.305. The van der Waals surface area contributed by atoms with Crippen molar-refractivity contribution >= 4 is 16.9 Å². The van der Waals surface area contributed by atoms with E-state index in [1.54, 1.807) is 0 Å². The summed E-state index contributed by atoms with van der Waals surface area (Å²) in [6.07, 6.45) is 5.68. The van der Waals surface area contributed by atoms with E-state index in [4.69, 9.17) is 4.74 Å². The minimum Gasteiger partial charge on any atom is -0.465 e. The van der Waals surface area contributed by atoms with E-state index in [-0.39, 0.29) is 12.1 Å². The number of nitrogens with zero attached hydrogens (tertiary/aromatic N) is 1. The fraction of sp³-hybridized carbons (Fsp3) is 0.438. The number of ether oxygens (including phenoxy) is 1. The molecule has 20 heavy (non-hydrogen) atoms. The van der Waals surface area contributed by atoms with Crippen LogP contribution in [-0.2, 0) is 4.74 Å². The predicted octanol–water partition coefficient (Wildman–Crippen LogP) is 2.90. The molecule has 0 bridgehead atoms. The summed E-state index contributed by atoms with van der Waals surface area (Å²) < 4.78 is 7.01. The van der Waals surface area contributed by atoms with E-state index in [0.29, 0.717) is 11.6 Å². The summed E-state index contributed by atoms with van der Waals surface area (Å²) in [6, 6.07) is 8.14. The van der Waals surface area contributed by atoms with Crippen molar-refractivity contribution in [2.45, 2.75) is 37.8 Å².